The highest BCUT2D eigenvalue weighted by molar-refractivity contribution is 7.91. The van der Waals surface area contributed by atoms with Crippen molar-refractivity contribution in [3.63, 3.8) is 0 Å². The molecule has 1 saturated heterocycles. The minimum absolute atomic E-state index is 0.00844. The van der Waals surface area contributed by atoms with E-state index >= 15 is 0 Å². The molecule has 1 aromatic rings. The number of fused-ring (bicyclic) bond motifs is 1. The average Bonchev–Trinajstić information content (AvgIpc) is 3.09. The van der Waals surface area contributed by atoms with Gasteiger partial charge in [-0.2, -0.15) is 0 Å². The molecule has 2 aliphatic rings. The van der Waals surface area contributed by atoms with Crippen LogP contribution in [0.25, 0.3) is 0 Å². The van der Waals surface area contributed by atoms with E-state index in [1.54, 1.807) is 12.1 Å². The Labute approximate surface area is 155 Å². The van der Waals surface area contributed by atoms with E-state index in [2.05, 4.69) is 5.32 Å². The van der Waals surface area contributed by atoms with Crippen molar-refractivity contribution in [2.24, 2.45) is 0 Å². The minimum Gasteiger partial charge on any atom is -0.454 e. The van der Waals surface area contributed by atoms with E-state index in [-0.39, 0.29) is 22.6 Å². The van der Waals surface area contributed by atoms with Gasteiger partial charge in [-0.25, -0.2) is 13.2 Å². The standard InChI is InChI=1S/C17H18N2O7S/c1-10(19-15(21)12-4-2-3-5-13(12)16(19)22)17(23)26-8-14(20)18-11-6-7-27(24,25)9-11/h2-5,10-11H,6-9H2,1H3,(H,18,20)/t10-,11-/m1/s1. The summed E-state index contributed by atoms with van der Waals surface area (Å²) in [6, 6.07) is 4.52. The fourth-order valence-corrected chi connectivity index (χ4v) is 4.77. The first-order chi connectivity index (χ1) is 12.7. The molecular weight excluding hydrogens is 376 g/mol. The molecule has 2 atom stereocenters. The van der Waals surface area contributed by atoms with Gasteiger partial charge in [-0.1, -0.05) is 12.1 Å². The number of benzene rings is 1. The second kappa shape index (κ2) is 7.10. The number of nitrogens with one attached hydrogen (secondary N) is 1. The van der Waals surface area contributed by atoms with Gasteiger partial charge in [0.1, 0.15) is 6.04 Å². The number of hydrogen-bond donors (Lipinski definition) is 1. The number of esters is 1. The number of hydrogen-bond acceptors (Lipinski definition) is 7. The lowest BCUT2D eigenvalue weighted by Gasteiger charge is -2.21. The summed E-state index contributed by atoms with van der Waals surface area (Å²) >= 11 is 0. The number of carbonyl (C=O) groups excluding carboxylic acids is 4. The van der Waals surface area contributed by atoms with E-state index in [0.29, 0.717) is 6.42 Å². The van der Waals surface area contributed by atoms with Crippen LogP contribution < -0.4 is 5.32 Å². The number of sulfone groups is 1. The molecule has 0 radical (unpaired) electrons. The molecule has 2 heterocycles. The first kappa shape index (κ1) is 19.0. The third kappa shape index (κ3) is 3.85. The zero-order valence-electron chi connectivity index (χ0n) is 14.5. The predicted octanol–water partition coefficient (Wildman–Crippen LogP) is -0.482. The summed E-state index contributed by atoms with van der Waals surface area (Å²) in [6.07, 6.45) is 0.313. The number of imide groups is 1. The minimum atomic E-state index is -3.14. The quantitative estimate of drug-likeness (QED) is 0.528. The van der Waals surface area contributed by atoms with Gasteiger partial charge in [-0.15, -0.1) is 0 Å². The normalized spacial score (nSPS) is 21.7. The molecule has 9 nitrogen and oxygen atoms in total. The average molecular weight is 394 g/mol. The number of nitrogens with zero attached hydrogens (tertiary/aromatic N) is 1. The Bertz CT molecular complexity index is 890. The van der Waals surface area contributed by atoms with E-state index in [0.717, 1.165) is 4.90 Å². The van der Waals surface area contributed by atoms with Gasteiger partial charge >= 0.3 is 5.97 Å². The third-order valence-corrected chi connectivity index (χ3v) is 6.26. The number of carbonyl (C=O) groups is 4. The lowest BCUT2D eigenvalue weighted by molar-refractivity contribution is -0.152. The maximum Gasteiger partial charge on any atom is 0.329 e. The summed E-state index contributed by atoms with van der Waals surface area (Å²) in [5.74, 6) is -2.87. The van der Waals surface area contributed by atoms with Crippen LogP contribution in [0, 0.1) is 0 Å². The van der Waals surface area contributed by atoms with Gasteiger partial charge in [0.25, 0.3) is 17.7 Å². The van der Waals surface area contributed by atoms with Crippen LogP contribution in [0.1, 0.15) is 34.1 Å². The van der Waals surface area contributed by atoms with Crippen LogP contribution in [0.2, 0.25) is 0 Å². The van der Waals surface area contributed by atoms with Crippen molar-refractivity contribution < 1.29 is 32.3 Å². The van der Waals surface area contributed by atoms with Gasteiger partial charge in [-0.05, 0) is 25.5 Å². The summed E-state index contributed by atoms with van der Waals surface area (Å²) in [5.41, 5.74) is 0.421. The summed E-state index contributed by atoms with van der Waals surface area (Å²) in [6.45, 7) is 0.717. The molecule has 0 unspecified atom stereocenters. The SMILES string of the molecule is C[C@H](C(=O)OCC(=O)N[C@@H]1CCS(=O)(=O)C1)N1C(=O)c2ccccc2C1=O. The number of ether oxygens (including phenoxy) is 1. The number of amides is 3. The monoisotopic (exact) mass is 394 g/mol. The van der Waals surface area contributed by atoms with Gasteiger partial charge in [0.2, 0.25) is 0 Å². The molecule has 0 saturated carbocycles. The molecule has 10 heteroatoms. The van der Waals surface area contributed by atoms with E-state index in [4.69, 9.17) is 4.74 Å². The highest BCUT2D eigenvalue weighted by Crippen LogP contribution is 2.24. The predicted molar refractivity (Wildman–Crippen MR) is 92.6 cm³/mol. The Morgan fingerprint density at radius 3 is 2.33 bits per heavy atom. The van der Waals surface area contributed by atoms with Crippen LogP contribution in [-0.2, 0) is 24.2 Å². The molecule has 0 bridgehead atoms. The highest BCUT2D eigenvalue weighted by atomic mass is 32.2. The Morgan fingerprint density at radius 1 is 1.22 bits per heavy atom. The molecular formula is C17H18N2O7S. The summed E-state index contributed by atoms with van der Waals surface area (Å²) in [5, 5.41) is 2.49. The van der Waals surface area contributed by atoms with Gasteiger partial charge in [0, 0.05) is 6.04 Å². The van der Waals surface area contributed by atoms with Crippen LogP contribution in [0.4, 0.5) is 0 Å². The largest absolute Gasteiger partial charge is 0.454 e. The van der Waals surface area contributed by atoms with Crippen molar-refractivity contribution in [1.82, 2.24) is 10.2 Å². The smallest absolute Gasteiger partial charge is 0.329 e. The van der Waals surface area contributed by atoms with Gasteiger partial charge in [-0.3, -0.25) is 19.3 Å². The molecule has 0 spiro atoms. The fraction of sp³-hybridized carbons (Fsp3) is 0.412. The van der Waals surface area contributed by atoms with E-state index in [1.165, 1.54) is 19.1 Å². The van der Waals surface area contributed by atoms with Crippen LogP contribution >= 0.6 is 0 Å². The Kier molecular flexibility index (Phi) is 5.01. The molecule has 27 heavy (non-hydrogen) atoms. The molecule has 1 aromatic carbocycles. The van der Waals surface area contributed by atoms with Crippen LogP contribution in [-0.4, -0.2) is 67.2 Å². The van der Waals surface area contributed by atoms with Gasteiger partial charge in [0.05, 0.1) is 22.6 Å². The van der Waals surface area contributed by atoms with Gasteiger partial charge < -0.3 is 10.1 Å². The molecule has 2 aliphatic heterocycles. The summed E-state index contributed by atoms with van der Waals surface area (Å²) in [7, 11) is -3.14. The molecule has 3 rings (SSSR count). The first-order valence-electron chi connectivity index (χ1n) is 8.33. The van der Waals surface area contributed by atoms with Gasteiger partial charge in [0.15, 0.2) is 16.4 Å². The molecule has 1 fully saturated rings. The molecule has 144 valence electrons. The lowest BCUT2D eigenvalue weighted by Crippen LogP contribution is -2.45. The maximum atomic E-state index is 12.3. The van der Waals surface area contributed by atoms with Crippen LogP contribution in [0.15, 0.2) is 24.3 Å². The van der Waals surface area contributed by atoms with Crippen molar-refractivity contribution >= 4 is 33.5 Å². The zero-order valence-corrected chi connectivity index (χ0v) is 15.3. The van der Waals surface area contributed by atoms with E-state index in [1.807, 2.05) is 0 Å². The lowest BCUT2D eigenvalue weighted by atomic mass is 10.1. The number of rotatable bonds is 5. The second-order valence-corrected chi connectivity index (χ2v) is 8.71. The van der Waals surface area contributed by atoms with E-state index in [9.17, 15) is 27.6 Å². The Hall–Kier alpha value is -2.75. The molecule has 0 aliphatic carbocycles. The van der Waals surface area contributed by atoms with E-state index < -0.39 is 52.2 Å². The van der Waals surface area contributed by atoms with Crippen molar-refractivity contribution in [3.8, 4) is 0 Å². The highest BCUT2D eigenvalue weighted by Gasteiger charge is 2.41. The maximum absolute atomic E-state index is 12.3. The zero-order chi connectivity index (χ0) is 19.8. The molecule has 1 N–H and O–H groups in total. The fourth-order valence-electron chi connectivity index (χ4n) is 3.10. The van der Waals surface area contributed by atoms with Crippen molar-refractivity contribution in [2.75, 3.05) is 18.1 Å². The molecule has 0 aromatic heterocycles. The van der Waals surface area contributed by atoms with Crippen LogP contribution in [0.3, 0.4) is 0 Å². The van der Waals surface area contributed by atoms with Crippen molar-refractivity contribution in [2.45, 2.75) is 25.4 Å². The first-order valence-corrected chi connectivity index (χ1v) is 10.1. The van der Waals surface area contributed by atoms with Crippen LogP contribution in [0.5, 0.6) is 0 Å². The third-order valence-electron chi connectivity index (χ3n) is 4.50. The molecule has 3 amide bonds. The second-order valence-electron chi connectivity index (χ2n) is 6.48. The topological polar surface area (TPSA) is 127 Å². The van der Waals surface area contributed by atoms with Crippen molar-refractivity contribution in [1.29, 1.82) is 0 Å². The van der Waals surface area contributed by atoms with Crippen molar-refractivity contribution in [3.05, 3.63) is 35.4 Å². The summed E-state index contributed by atoms with van der Waals surface area (Å²) in [4.78, 5) is 49.5. The Balaban J connectivity index is 1.55. The Morgan fingerprint density at radius 2 is 1.81 bits per heavy atom. The summed E-state index contributed by atoms with van der Waals surface area (Å²) < 4.78 is 27.6.